The number of aliphatic imine (C=N–C) groups is 1. The molecule has 0 saturated carbocycles. The molecule has 0 amide bonds. The lowest BCUT2D eigenvalue weighted by molar-refractivity contribution is 0.274. The molecule has 0 aromatic carbocycles. The summed E-state index contributed by atoms with van der Waals surface area (Å²) in [6, 6.07) is 0. The number of nitrogens with one attached hydrogen (secondary N) is 1. The van der Waals surface area contributed by atoms with Gasteiger partial charge in [-0.3, -0.25) is 4.99 Å². The Morgan fingerprint density at radius 2 is 1.88 bits per heavy atom. The molecular formula is C11H25N2OPS2. The molecule has 3 nitrogen and oxygen atoms in total. The summed E-state index contributed by atoms with van der Waals surface area (Å²) in [4.78, 5) is 4.30. The summed E-state index contributed by atoms with van der Waals surface area (Å²) in [6.07, 6.45) is 1.86. The fourth-order valence-electron chi connectivity index (χ4n) is 1.02. The monoisotopic (exact) mass is 296 g/mol. The van der Waals surface area contributed by atoms with Crippen molar-refractivity contribution in [1.29, 1.82) is 0 Å². The minimum absolute atomic E-state index is 0.137. The normalized spacial score (nSPS) is 16.1. The summed E-state index contributed by atoms with van der Waals surface area (Å²) in [5.74, 6) is 0.565. The molecule has 6 heteroatoms. The summed E-state index contributed by atoms with van der Waals surface area (Å²) in [5.41, 5.74) is -2.04. The SMILES string of the molecule is CC(C)CN=CNP(=S)(OC(C)C)SC(C)C. The van der Waals surface area contributed by atoms with Crippen LogP contribution in [0.2, 0.25) is 0 Å². The fourth-order valence-corrected chi connectivity index (χ4v) is 7.38. The predicted octanol–water partition coefficient (Wildman–Crippen LogP) is 4.05. The molecule has 0 spiro atoms. The van der Waals surface area contributed by atoms with Crippen LogP contribution in [0.25, 0.3) is 0 Å². The van der Waals surface area contributed by atoms with Crippen molar-refractivity contribution in [3.05, 3.63) is 0 Å². The second-order valence-corrected chi connectivity index (χ2v) is 11.9. The van der Waals surface area contributed by atoms with E-state index in [0.717, 1.165) is 6.54 Å². The van der Waals surface area contributed by atoms with Crippen molar-refractivity contribution < 1.29 is 4.52 Å². The van der Waals surface area contributed by atoms with Gasteiger partial charge >= 0.3 is 0 Å². The van der Waals surface area contributed by atoms with E-state index in [-0.39, 0.29) is 6.10 Å². The molecule has 0 aliphatic heterocycles. The maximum Gasteiger partial charge on any atom is 0.211 e. The second-order valence-electron chi connectivity index (χ2n) is 4.82. The smallest absolute Gasteiger partial charge is 0.211 e. The Balaban J connectivity index is 4.38. The highest BCUT2D eigenvalue weighted by molar-refractivity contribution is 8.69. The van der Waals surface area contributed by atoms with E-state index in [1.54, 1.807) is 17.7 Å². The Hall–Kier alpha value is 0.430. The second kappa shape index (κ2) is 8.52. The van der Waals surface area contributed by atoms with Gasteiger partial charge in [0.2, 0.25) is 5.62 Å². The van der Waals surface area contributed by atoms with Crippen LogP contribution < -0.4 is 5.09 Å². The van der Waals surface area contributed by atoms with Crippen molar-refractivity contribution in [2.24, 2.45) is 10.9 Å². The van der Waals surface area contributed by atoms with Crippen LogP contribution in [0.15, 0.2) is 4.99 Å². The predicted molar refractivity (Wildman–Crippen MR) is 84.6 cm³/mol. The molecular weight excluding hydrogens is 271 g/mol. The summed E-state index contributed by atoms with van der Waals surface area (Å²) < 4.78 is 5.84. The molecule has 0 radical (unpaired) electrons. The maximum absolute atomic E-state index is 5.84. The van der Waals surface area contributed by atoms with Crippen molar-refractivity contribution in [3.63, 3.8) is 0 Å². The molecule has 1 atom stereocenters. The van der Waals surface area contributed by atoms with Crippen molar-refractivity contribution in [3.8, 4) is 0 Å². The van der Waals surface area contributed by atoms with Gasteiger partial charge < -0.3 is 9.61 Å². The number of hydrogen-bond donors (Lipinski definition) is 1. The van der Waals surface area contributed by atoms with Crippen molar-refractivity contribution in [1.82, 2.24) is 5.09 Å². The highest BCUT2D eigenvalue weighted by Crippen LogP contribution is 2.58. The average molecular weight is 296 g/mol. The molecule has 1 unspecified atom stereocenters. The van der Waals surface area contributed by atoms with Crippen molar-refractivity contribution in [2.45, 2.75) is 52.9 Å². The zero-order valence-corrected chi connectivity index (χ0v) is 14.2. The highest BCUT2D eigenvalue weighted by Gasteiger charge is 2.20. The molecule has 0 aliphatic carbocycles. The largest absolute Gasteiger partial charge is 0.324 e. The molecule has 0 aliphatic rings. The summed E-state index contributed by atoms with van der Waals surface area (Å²) in [6.45, 7) is 13.4. The van der Waals surface area contributed by atoms with E-state index in [4.69, 9.17) is 16.3 Å². The van der Waals surface area contributed by atoms with Crippen LogP contribution in [-0.2, 0) is 16.3 Å². The third-order valence-electron chi connectivity index (χ3n) is 1.48. The van der Waals surface area contributed by atoms with Crippen LogP contribution in [0.5, 0.6) is 0 Å². The average Bonchev–Trinajstić information content (AvgIpc) is 2.09. The Morgan fingerprint density at radius 1 is 1.29 bits per heavy atom. The minimum Gasteiger partial charge on any atom is -0.324 e. The van der Waals surface area contributed by atoms with Crippen LogP contribution in [0, 0.1) is 5.92 Å². The molecule has 102 valence electrons. The van der Waals surface area contributed by atoms with Crippen LogP contribution >= 0.6 is 17.0 Å². The van der Waals surface area contributed by atoms with Crippen molar-refractivity contribution in [2.75, 3.05) is 6.54 Å². The zero-order chi connectivity index (χ0) is 13.5. The van der Waals surface area contributed by atoms with E-state index in [9.17, 15) is 0 Å². The molecule has 0 fully saturated rings. The van der Waals surface area contributed by atoms with Crippen LogP contribution in [0.1, 0.15) is 41.5 Å². The van der Waals surface area contributed by atoms with E-state index >= 15 is 0 Å². The number of nitrogens with zero attached hydrogens (tertiary/aromatic N) is 1. The van der Waals surface area contributed by atoms with Crippen molar-refractivity contribution >= 4 is 35.1 Å². The third-order valence-corrected chi connectivity index (χ3v) is 7.33. The van der Waals surface area contributed by atoms with E-state index in [2.05, 4.69) is 37.8 Å². The van der Waals surface area contributed by atoms with E-state index in [1.165, 1.54) is 0 Å². The van der Waals surface area contributed by atoms with Crippen LogP contribution in [0.3, 0.4) is 0 Å². The Labute approximate surface area is 115 Å². The lowest BCUT2D eigenvalue weighted by Crippen LogP contribution is -2.13. The fraction of sp³-hybridized carbons (Fsp3) is 0.909. The van der Waals surface area contributed by atoms with Gasteiger partial charge in [-0.05, 0) is 31.6 Å². The summed E-state index contributed by atoms with van der Waals surface area (Å²) >= 11 is 7.27. The standard InChI is InChI=1S/C11H25N2OPS2/c1-9(2)7-12-8-13-15(16,14-10(3)4)17-11(5)6/h8-11H,7H2,1-6H3,(H,12,13,16). The van der Waals surface area contributed by atoms with E-state index in [1.807, 2.05) is 13.8 Å². The van der Waals surface area contributed by atoms with Crippen LogP contribution in [0.4, 0.5) is 0 Å². The van der Waals surface area contributed by atoms with E-state index < -0.39 is 5.62 Å². The number of hydrogen-bond acceptors (Lipinski definition) is 4. The Morgan fingerprint density at radius 3 is 2.29 bits per heavy atom. The van der Waals surface area contributed by atoms with Gasteiger partial charge in [0.1, 0.15) is 0 Å². The third kappa shape index (κ3) is 10.1. The molecule has 0 bridgehead atoms. The van der Waals surface area contributed by atoms with Gasteiger partial charge in [0.05, 0.1) is 12.4 Å². The first kappa shape index (κ1) is 17.4. The topological polar surface area (TPSA) is 33.6 Å². The van der Waals surface area contributed by atoms with Crippen LogP contribution in [-0.4, -0.2) is 24.2 Å². The molecule has 1 N–H and O–H groups in total. The summed E-state index contributed by atoms with van der Waals surface area (Å²) in [5, 5.41) is 3.64. The van der Waals surface area contributed by atoms with Gasteiger partial charge in [0.25, 0.3) is 0 Å². The Kier molecular flexibility index (Phi) is 8.73. The first-order valence-corrected chi connectivity index (χ1v) is 10.2. The van der Waals surface area contributed by atoms with Gasteiger partial charge in [-0.1, -0.05) is 39.1 Å². The zero-order valence-electron chi connectivity index (χ0n) is 11.6. The Bertz CT molecular complexity index is 267. The molecule has 0 saturated heterocycles. The quantitative estimate of drug-likeness (QED) is 0.416. The van der Waals surface area contributed by atoms with Gasteiger partial charge in [-0.2, -0.15) is 0 Å². The van der Waals surface area contributed by atoms with E-state index in [0.29, 0.717) is 11.2 Å². The molecule has 0 heterocycles. The van der Waals surface area contributed by atoms with Gasteiger partial charge in [0.15, 0.2) is 0 Å². The first-order chi connectivity index (χ1) is 7.75. The molecule has 0 aromatic rings. The number of rotatable bonds is 8. The molecule has 0 rings (SSSR count). The highest BCUT2D eigenvalue weighted by atomic mass is 32.9. The van der Waals surface area contributed by atoms with Gasteiger partial charge in [0, 0.05) is 11.8 Å². The van der Waals surface area contributed by atoms with Gasteiger partial charge in [-0.25, -0.2) is 0 Å². The lowest BCUT2D eigenvalue weighted by Gasteiger charge is -2.25. The molecule has 0 aromatic heterocycles. The first-order valence-electron chi connectivity index (χ1n) is 5.98. The summed E-state index contributed by atoms with van der Waals surface area (Å²) in [7, 11) is 0. The minimum atomic E-state index is -2.04. The van der Waals surface area contributed by atoms with Gasteiger partial charge in [-0.15, -0.1) is 0 Å². The maximum atomic E-state index is 5.84. The lowest BCUT2D eigenvalue weighted by atomic mass is 10.2. The molecule has 17 heavy (non-hydrogen) atoms.